The first kappa shape index (κ1) is 10.7. The van der Waals surface area contributed by atoms with E-state index in [1.807, 2.05) is 0 Å². The summed E-state index contributed by atoms with van der Waals surface area (Å²) in [6, 6.07) is 4.86. The van der Waals surface area contributed by atoms with Crippen LogP contribution in [0.15, 0.2) is 24.4 Å². The smallest absolute Gasteiger partial charge is 0.134 e. The van der Waals surface area contributed by atoms with Crippen LogP contribution in [0.25, 0.3) is 11.3 Å². The predicted octanol–water partition coefficient (Wildman–Crippen LogP) is 1.88. The molecule has 1 saturated heterocycles. The molecule has 0 amide bonds. The molecule has 0 atom stereocenters. The molecule has 0 radical (unpaired) electrons. The van der Waals surface area contributed by atoms with E-state index in [0.29, 0.717) is 22.3 Å². The van der Waals surface area contributed by atoms with Crippen molar-refractivity contribution in [3.63, 3.8) is 0 Å². The Hall–Kier alpha value is -1.46. The molecule has 88 valence electrons. The molecule has 2 aromatic rings. The average Bonchev–Trinajstić information content (AvgIpc) is 2.64. The summed E-state index contributed by atoms with van der Waals surface area (Å²) in [7, 11) is 0. The summed E-state index contributed by atoms with van der Waals surface area (Å²) < 4.78 is 15.4. The number of nitrogens with one attached hydrogen (secondary N) is 1. The van der Waals surface area contributed by atoms with Crippen molar-refractivity contribution < 1.29 is 4.39 Å². The molecule has 17 heavy (non-hydrogen) atoms. The predicted molar refractivity (Wildman–Crippen MR) is 62.3 cm³/mol. The zero-order valence-corrected chi connectivity index (χ0v) is 9.65. The summed E-state index contributed by atoms with van der Waals surface area (Å²) in [5, 5.41) is 11.5. The fourth-order valence-corrected chi connectivity index (χ4v) is 1.90. The Morgan fingerprint density at radius 2 is 2.24 bits per heavy atom. The van der Waals surface area contributed by atoms with Crippen molar-refractivity contribution in [1.29, 1.82) is 0 Å². The van der Waals surface area contributed by atoms with Gasteiger partial charge in [0.15, 0.2) is 0 Å². The minimum atomic E-state index is -0.378. The molecule has 3 rings (SSSR count). The zero-order valence-electron chi connectivity index (χ0n) is 8.90. The van der Waals surface area contributed by atoms with Crippen LogP contribution in [-0.2, 0) is 0 Å². The molecule has 1 N–H and O–H groups in total. The molecule has 1 aromatic carbocycles. The number of hydrogen-bond donors (Lipinski definition) is 1. The van der Waals surface area contributed by atoms with Gasteiger partial charge in [0.1, 0.15) is 11.5 Å². The topological polar surface area (TPSA) is 42.7 Å². The lowest BCUT2D eigenvalue weighted by Crippen LogP contribution is -2.43. The van der Waals surface area contributed by atoms with Crippen LogP contribution in [0.5, 0.6) is 0 Å². The maximum absolute atomic E-state index is 13.7. The molecule has 1 fully saturated rings. The molecule has 6 heteroatoms. The van der Waals surface area contributed by atoms with Crippen LogP contribution < -0.4 is 5.32 Å². The van der Waals surface area contributed by atoms with Gasteiger partial charge in [0.2, 0.25) is 0 Å². The molecule has 4 nitrogen and oxygen atoms in total. The molecular formula is C11H10ClFN4. The second-order valence-electron chi connectivity index (χ2n) is 4.02. The summed E-state index contributed by atoms with van der Waals surface area (Å²) >= 11 is 5.70. The van der Waals surface area contributed by atoms with Gasteiger partial charge < -0.3 is 5.32 Å². The molecule has 0 bridgehead atoms. The van der Waals surface area contributed by atoms with Gasteiger partial charge in [0.05, 0.1) is 12.2 Å². The van der Waals surface area contributed by atoms with E-state index in [2.05, 4.69) is 15.6 Å². The minimum Gasteiger partial charge on any atom is -0.312 e. The Labute approximate surface area is 102 Å². The second kappa shape index (κ2) is 4.09. The summed E-state index contributed by atoms with van der Waals surface area (Å²) in [6.45, 7) is 1.76. The molecule has 1 aromatic heterocycles. The third kappa shape index (κ3) is 1.92. The number of aromatic nitrogens is 3. The van der Waals surface area contributed by atoms with E-state index in [1.165, 1.54) is 6.07 Å². The summed E-state index contributed by atoms with van der Waals surface area (Å²) in [5.41, 5.74) is 0.957. The van der Waals surface area contributed by atoms with Crippen molar-refractivity contribution in [2.24, 2.45) is 0 Å². The van der Waals surface area contributed by atoms with E-state index < -0.39 is 0 Å². The first-order valence-electron chi connectivity index (χ1n) is 5.32. The van der Waals surface area contributed by atoms with Crippen LogP contribution in [0.2, 0.25) is 5.02 Å². The largest absolute Gasteiger partial charge is 0.312 e. The van der Waals surface area contributed by atoms with Gasteiger partial charge in [0, 0.05) is 23.7 Å². The van der Waals surface area contributed by atoms with Gasteiger partial charge in [-0.25, -0.2) is 9.07 Å². The molecule has 1 aliphatic rings. The molecule has 0 saturated carbocycles. The highest BCUT2D eigenvalue weighted by Crippen LogP contribution is 2.24. The number of nitrogens with zero attached hydrogens (tertiary/aromatic N) is 3. The van der Waals surface area contributed by atoms with Crippen LogP contribution in [0.4, 0.5) is 4.39 Å². The van der Waals surface area contributed by atoms with Crippen molar-refractivity contribution >= 4 is 11.6 Å². The quantitative estimate of drug-likeness (QED) is 0.888. The second-order valence-corrected chi connectivity index (χ2v) is 4.46. The fraction of sp³-hybridized carbons (Fsp3) is 0.273. The first-order chi connectivity index (χ1) is 8.24. The Morgan fingerprint density at radius 1 is 1.41 bits per heavy atom. The Bertz CT molecular complexity index is 550. The van der Waals surface area contributed by atoms with Crippen molar-refractivity contribution in [2.75, 3.05) is 13.1 Å². The monoisotopic (exact) mass is 252 g/mol. The average molecular weight is 253 g/mol. The van der Waals surface area contributed by atoms with Crippen LogP contribution >= 0.6 is 11.6 Å². The molecular weight excluding hydrogens is 243 g/mol. The van der Waals surface area contributed by atoms with Gasteiger partial charge in [-0.05, 0) is 18.2 Å². The van der Waals surface area contributed by atoms with Crippen LogP contribution in [0.1, 0.15) is 6.04 Å². The van der Waals surface area contributed by atoms with E-state index in [9.17, 15) is 4.39 Å². The Morgan fingerprint density at radius 3 is 2.88 bits per heavy atom. The normalized spacial score (nSPS) is 15.9. The van der Waals surface area contributed by atoms with Gasteiger partial charge in [-0.3, -0.25) is 0 Å². The SMILES string of the molecule is Fc1cc(Cl)ccc1-c1cn(C2CNC2)nn1. The van der Waals surface area contributed by atoms with E-state index in [4.69, 9.17) is 11.6 Å². The van der Waals surface area contributed by atoms with Gasteiger partial charge >= 0.3 is 0 Å². The van der Waals surface area contributed by atoms with Crippen LogP contribution in [0.3, 0.4) is 0 Å². The van der Waals surface area contributed by atoms with Crippen molar-refractivity contribution in [3.05, 3.63) is 35.2 Å². The zero-order chi connectivity index (χ0) is 11.8. The maximum Gasteiger partial charge on any atom is 0.134 e. The Balaban J connectivity index is 1.94. The van der Waals surface area contributed by atoms with E-state index >= 15 is 0 Å². The van der Waals surface area contributed by atoms with Crippen LogP contribution in [0, 0.1) is 5.82 Å². The summed E-state index contributed by atoms with van der Waals surface area (Å²) in [4.78, 5) is 0. The van der Waals surface area contributed by atoms with Gasteiger partial charge in [-0.15, -0.1) is 5.10 Å². The molecule has 2 heterocycles. The Kier molecular flexibility index (Phi) is 2.57. The molecule has 0 unspecified atom stereocenters. The lowest BCUT2D eigenvalue weighted by molar-refractivity contribution is 0.313. The highest BCUT2D eigenvalue weighted by Gasteiger charge is 2.20. The van der Waals surface area contributed by atoms with Gasteiger partial charge in [-0.1, -0.05) is 16.8 Å². The van der Waals surface area contributed by atoms with E-state index in [0.717, 1.165) is 13.1 Å². The maximum atomic E-state index is 13.7. The van der Waals surface area contributed by atoms with Crippen molar-refractivity contribution in [3.8, 4) is 11.3 Å². The van der Waals surface area contributed by atoms with Gasteiger partial charge in [-0.2, -0.15) is 0 Å². The summed E-state index contributed by atoms with van der Waals surface area (Å²) in [5.74, 6) is -0.378. The number of halogens is 2. The lowest BCUT2D eigenvalue weighted by atomic mass is 10.1. The lowest BCUT2D eigenvalue weighted by Gasteiger charge is -2.26. The minimum absolute atomic E-state index is 0.326. The molecule has 1 aliphatic heterocycles. The highest BCUT2D eigenvalue weighted by molar-refractivity contribution is 6.30. The van der Waals surface area contributed by atoms with Crippen LogP contribution in [-0.4, -0.2) is 28.1 Å². The molecule has 0 spiro atoms. The fourth-order valence-electron chi connectivity index (χ4n) is 1.74. The third-order valence-corrected chi connectivity index (χ3v) is 3.09. The van der Waals surface area contributed by atoms with Gasteiger partial charge in [0.25, 0.3) is 0 Å². The number of rotatable bonds is 2. The highest BCUT2D eigenvalue weighted by atomic mass is 35.5. The van der Waals surface area contributed by atoms with Crippen molar-refractivity contribution in [1.82, 2.24) is 20.3 Å². The standard InChI is InChI=1S/C11H10ClFN4/c12-7-1-2-9(10(13)3-7)11-6-17(16-15-11)8-4-14-5-8/h1-3,6,8,14H,4-5H2. The first-order valence-corrected chi connectivity index (χ1v) is 5.70. The van der Waals surface area contributed by atoms with E-state index in [-0.39, 0.29) is 5.82 Å². The third-order valence-electron chi connectivity index (χ3n) is 2.85. The number of benzene rings is 1. The van der Waals surface area contributed by atoms with Crippen molar-refractivity contribution in [2.45, 2.75) is 6.04 Å². The number of hydrogen-bond acceptors (Lipinski definition) is 3. The molecule has 0 aliphatic carbocycles. The van der Waals surface area contributed by atoms with E-state index in [1.54, 1.807) is 23.0 Å². The summed E-state index contributed by atoms with van der Waals surface area (Å²) in [6.07, 6.45) is 1.76.